The predicted octanol–water partition coefficient (Wildman–Crippen LogP) is 3.79. The van der Waals surface area contributed by atoms with E-state index >= 15 is 0 Å². The van der Waals surface area contributed by atoms with E-state index in [0.29, 0.717) is 24.5 Å². The van der Waals surface area contributed by atoms with Gasteiger partial charge in [-0.2, -0.15) is 5.26 Å². The first-order valence-electron chi connectivity index (χ1n) is 6.32. The fraction of sp³-hybridized carbons (Fsp3) is 0.188. The molecule has 0 bridgehead atoms. The van der Waals surface area contributed by atoms with E-state index in [9.17, 15) is 0 Å². The van der Waals surface area contributed by atoms with Crippen molar-refractivity contribution in [2.24, 2.45) is 0 Å². The van der Waals surface area contributed by atoms with Gasteiger partial charge in [0.1, 0.15) is 30.5 Å². The molecule has 0 amide bonds. The smallest absolute Gasteiger partial charge is 0.133 e. The van der Waals surface area contributed by atoms with Crippen molar-refractivity contribution in [3.8, 4) is 23.3 Å². The summed E-state index contributed by atoms with van der Waals surface area (Å²) in [5.74, 6) is 2.24. The van der Waals surface area contributed by atoms with Crippen LogP contribution in [0.3, 0.4) is 0 Å². The third kappa shape index (κ3) is 4.40. The largest absolute Gasteiger partial charge is 0.497 e. The van der Waals surface area contributed by atoms with E-state index in [1.165, 1.54) is 0 Å². The normalized spacial score (nSPS) is 9.76. The molecule has 5 heteroatoms. The van der Waals surface area contributed by atoms with Crippen molar-refractivity contribution in [1.29, 1.82) is 5.26 Å². The second-order valence-electron chi connectivity index (χ2n) is 4.13. The molecule has 2 rings (SSSR count). The molecule has 0 aliphatic carbocycles. The summed E-state index contributed by atoms with van der Waals surface area (Å²) in [6.45, 7) is 0.843. The Kier molecular flexibility index (Phi) is 5.47. The Morgan fingerprint density at radius 1 is 1.00 bits per heavy atom. The van der Waals surface area contributed by atoms with Crippen molar-refractivity contribution in [3.05, 3.63) is 52.5 Å². The van der Waals surface area contributed by atoms with Crippen LogP contribution in [0.1, 0.15) is 5.56 Å². The topological polar surface area (TPSA) is 51.5 Å². The zero-order valence-corrected chi connectivity index (χ0v) is 13.1. The first-order valence-corrected chi connectivity index (χ1v) is 7.11. The molecular weight excluding hydrogens is 334 g/mol. The van der Waals surface area contributed by atoms with Crippen LogP contribution in [0.15, 0.2) is 46.9 Å². The number of hydrogen-bond acceptors (Lipinski definition) is 4. The number of hydrogen-bond donors (Lipinski definition) is 0. The van der Waals surface area contributed by atoms with Crippen molar-refractivity contribution in [2.45, 2.75) is 0 Å². The van der Waals surface area contributed by atoms with Crippen LogP contribution in [-0.2, 0) is 0 Å². The van der Waals surface area contributed by atoms with Gasteiger partial charge in [0, 0.05) is 0 Å². The van der Waals surface area contributed by atoms with Gasteiger partial charge in [-0.15, -0.1) is 0 Å². The number of methoxy groups -OCH3 is 1. The van der Waals surface area contributed by atoms with Crippen LogP contribution in [-0.4, -0.2) is 20.3 Å². The first kappa shape index (κ1) is 15.2. The Balaban J connectivity index is 1.80. The summed E-state index contributed by atoms with van der Waals surface area (Å²) in [5.41, 5.74) is 0.587. The fourth-order valence-electron chi connectivity index (χ4n) is 1.67. The average molecular weight is 348 g/mol. The maximum atomic E-state index is 8.79. The van der Waals surface area contributed by atoms with Crippen LogP contribution >= 0.6 is 15.9 Å². The van der Waals surface area contributed by atoms with Gasteiger partial charge in [-0.25, -0.2) is 0 Å². The van der Waals surface area contributed by atoms with Gasteiger partial charge in [-0.05, 0) is 58.4 Å². The maximum Gasteiger partial charge on any atom is 0.133 e. The summed E-state index contributed by atoms with van der Waals surface area (Å²) in [7, 11) is 1.62. The first-order chi connectivity index (χ1) is 10.2. The molecule has 0 saturated heterocycles. The van der Waals surface area contributed by atoms with E-state index in [1.54, 1.807) is 25.3 Å². The molecule has 0 spiro atoms. The molecule has 0 heterocycles. The molecule has 108 valence electrons. The lowest BCUT2D eigenvalue weighted by atomic mass is 10.2. The summed E-state index contributed by atoms with van der Waals surface area (Å²) >= 11 is 3.37. The van der Waals surface area contributed by atoms with E-state index in [1.807, 2.05) is 24.3 Å². The van der Waals surface area contributed by atoms with Crippen LogP contribution in [0.2, 0.25) is 0 Å². The third-order valence-corrected chi connectivity index (χ3v) is 3.35. The molecule has 0 aliphatic rings. The third-order valence-electron chi connectivity index (χ3n) is 2.73. The summed E-state index contributed by atoms with van der Waals surface area (Å²) in [6.07, 6.45) is 0. The minimum absolute atomic E-state index is 0.413. The number of rotatable bonds is 6. The monoisotopic (exact) mass is 347 g/mol. The maximum absolute atomic E-state index is 8.79. The number of nitrogens with zero attached hydrogens (tertiary/aromatic N) is 1. The molecule has 2 aromatic rings. The Bertz CT molecular complexity index is 635. The van der Waals surface area contributed by atoms with Crippen LogP contribution in [0, 0.1) is 11.3 Å². The lowest BCUT2D eigenvalue weighted by Crippen LogP contribution is -2.09. The second kappa shape index (κ2) is 7.55. The van der Waals surface area contributed by atoms with Crippen LogP contribution in [0.4, 0.5) is 0 Å². The summed E-state index contributed by atoms with van der Waals surface area (Å²) in [4.78, 5) is 0. The molecule has 0 aromatic heterocycles. The molecule has 0 fully saturated rings. The molecule has 2 aromatic carbocycles. The van der Waals surface area contributed by atoms with Crippen LogP contribution < -0.4 is 14.2 Å². The average Bonchev–Trinajstić information content (AvgIpc) is 2.53. The zero-order chi connectivity index (χ0) is 15.1. The van der Waals surface area contributed by atoms with Gasteiger partial charge in [-0.3, -0.25) is 0 Å². The van der Waals surface area contributed by atoms with Gasteiger partial charge in [0.05, 0.1) is 23.2 Å². The van der Waals surface area contributed by atoms with Crippen LogP contribution in [0.5, 0.6) is 17.2 Å². The summed E-state index contributed by atoms with van der Waals surface area (Å²) in [6, 6.07) is 14.6. The predicted molar refractivity (Wildman–Crippen MR) is 82.8 cm³/mol. The quantitative estimate of drug-likeness (QED) is 0.746. The summed E-state index contributed by atoms with van der Waals surface area (Å²) in [5, 5.41) is 8.79. The summed E-state index contributed by atoms with van der Waals surface area (Å²) < 4.78 is 17.0. The minimum atomic E-state index is 0.413. The van der Waals surface area contributed by atoms with E-state index in [2.05, 4.69) is 22.0 Å². The molecule has 0 aliphatic heterocycles. The van der Waals surface area contributed by atoms with Gasteiger partial charge in [0.15, 0.2) is 0 Å². The van der Waals surface area contributed by atoms with E-state index in [4.69, 9.17) is 19.5 Å². The number of halogens is 1. The van der Waals surface area contributed by atoms with Crippen molar-refractivity contribution >= 4 is 15.9 Å². The molecule has 0 atom stereocenters. The van der Waals surface area contributed by atoms with Gasteiger partial charge in [-0.1, -0.05) is 0 Å². The number of nitriles is 1. The Hall–Kier alpha value is -2.19. The number of ether oxygens (including phenoxy) is 3. The molecule has 21 heavy (non-hydrogen) atoms. The van der Waals surface area contributed by atoms with Gasteiger partial charge >= 0.3 is 0 Å². The minimum Gasteiger partial charge on any atom is -0.497 e. The number of benzene rings is 2. The lowest BCUT2D eigenvalue weighted by molar-refractivity contribution is 0.216. The Morgan fingerprint density at radius 2 is 1.67 bits per heavy atom. The van der Waals surface area contributed by atoms with Crippen molar-refractivity contribution in [3.63, 3.8) is 0 Å². The van der Waals surface area contributed by atoms with Gasteiger partial charge in [0.2, 0.25) is 0 Å². The standard InChI is InChI=1S/C16H14BrNO3/c1-19-13-3-5-14(6-4-13)20-8-9-21-16-7-2-12(11-18)10-15(16)17/h2-7,10H,8-9H2,1H3. The molecular formula is C16H14BrNO3. The lowest BCUT2D eigenvalue weighted by Gasteiger charge is -2.10. The van der Waals surface area contributed by atoms with E-state index in [-0.39, 0.29) is 0 Å². The Morgan fingerprint density at radius 3 is 2.29 bits per heavy atom. The van der Waals surface area contributed by atoms with E-state index in [0.717, 1.165) is 16.0 Å². The van der Waals surface area contributed by atoms with E-state index < -0.39 is 0 Å². The SMILES string of the molecule is COc1ccc(OCCOc2ccc(C#N)cc2Br)cc1. The molecule has 0 N–H and O–H groups in total. The Labute approximate surface area is 132 Å². The van der Waals surface area contributed by atoms with Gasteiger partial charge in [0.25, 0.3) is 0 Å². The van der Waals surface area contributed by atoms with Crippen LogP contribution in [0.25, 0.3) is 0 Å². The zero-order valence-electron chi connectivity index (χ0n) is 11.5. The molecule has 0 unspecified atom stereocenters. The fourth-order valence-corrected chi connectivity index (χ4v) is 2.16. The molecule has 0 saturated carbocycles. The van der Waals surface area contributed by atoms with Crippen molar-refractivity contribution < 1.29 is 14.2 Å². The second-order valence-corrected chi connectivity index (χ2v) is 4.98. The highest BCUT2D eigenvalue weighted by Crippen LogP contribution is 2.25. The molecule has 4 nitrogen and oxygen atoms in total. The highest BCUT2D eigenvalue weighted by molar-refractivity contribution is 9.10. The van der Waals surface area contributed by atoms with Crippen molar-refractivity contribution in [2.75, 3.05) is 20.3 Å². The highest BCUT2D eigenvalue weighted by Gasteiger charge is 2.02. The molecule has 0 radical (unpaired) electrons. The van der Waals surface area contributed by atoms with Gasteiger partial charge < -0.3 is 14.2 Å². The van der Waals surface area contributed by atoms with Crippen molar-refractivity contribution in [1.82, 2.24) is 0 Å². The highest BCUT2D eigenvalue weighted by atomic mass is 79.9.